The molecule has 1 aliphatic rings. The summed E-state index contributed by atoms with van der Waals surface area (Å²) < 4.78 is 27.2. The first-order chi connectivity index (χ1) is 15.2. The van der Waals surface area contributed by atoms with Gasteiger partial charge in [0.05, 0.1) is 16.8 Å². The molecule has 12 heteroatoms. The number of carbonyl (C=O) groups is 2. The summed E-state index contributed by atoms with van der Waals surface area (Å²) in [6.07, 6.45) is 1.42. The standard InChI is InChI=1S/C20H27N7O4S/c1-14(28)22-7-8-23-20(29)18-19(21)24-13-17(25-18)15-3-5-16(6-4-15)32(30,31)27-11-9-26(2)10-12-27/h3-6,13H,7-12H2,1-2H3,(H2,21,24)(H,22,28)(H,23,29). The van der Waals surface area contributed by atoms with E-state index in [1.165, 1.54) is 29.6 Å². The molecule has 1 aliphatic heterocycles. The summed E-state index contributed by atoms with van der Waals surface area (Å²) in [7, 11) is -1.61. The lowest BCUT2D eigenvalue weighted by Crippen LogP contribution is -2.46. The lowest BCUT2D eigenvalue weighted by molar-refractivity contribution is -0.118. The topological polar surface area (TPSA) is 151 Å². The second-order valence-electron chi connectivity index (χ2n) is 7.46. The molecule has 2 amide bonds. The summed E-state index contributed by atoms with van der Waals surface area (Å²) in [5.74, 6) is -0.741. The highest BCUT2D eigenvalue weighted by molar-refractivity contribution is 7.89. The van der Waals surface area contributed by atoms with Crippen LogP contribution < -0.4 is 16.4 Å². The number of hydrogen-bond acceptors (Lipinski definition) is 8. The van der Waals surface area contributed by atoms with Gasteiger partial charge in [0.15, 0.2) is 11.5 Å². The molecule has 0 aliphatic carbocycles. The molecule has 0 spiro atoms. The Bertz CT molecular complexity index is 1080. The molecule has 0 saturated carbocycles. The van der Waals surface area contributed by atoms with Crippen LogP contribution in [0.3, 0.4) is 0 Å². The van der Waals surface area contributed by atoms with Gasteiger partial charge in [-0.1, -0.05) is 12.1 Å². The number of piperazine rings is 1. The number of aromatic nitrogens is 2. The molecule has 1 aromatic heterocycles. The molecule has 3 rings (SSSR count). The normalized spacial score (nSPS) is 15.3. The Labute approximate surface area is 187 Å². The minimum Gasteiger partial charge on any atom is -0.382 e. The zero-order chi connectivity index (χ0) is 23.3. The number of anilines is 1. The highest BCUT2D eigenvalue weighted by Crippen LogP contribution is 2.23. The molecule has 0 unspecified atom stereocenters. The van der Waals surface area contributed by atoms with Crippen molar-refractivity contribution >= 4 is 27.7 Å². The fourth-order valence-corrected chi connectivity index (χ4v) is 4.60. The maximum Gasteiger partial charge on any atom is 0.273 e. The van der Waals surface area contributed by atoms with E-state index in [2.05, 4.69) is 25.5 Å². The Morgan fingerprint density at radius 2 is 1.69 bits per heavy atom. The highest BCUT2D eigenvalue weighted by Gasteiger charge is 2.27. The minimum absolute atomic E-state index is 0.0277. The maximum atomic E-state index is 12.9. The van der Waals surface area contributed by atoms with Gasteiger partial charge in [0, 0.05) is 51.8 Å². The van der Waals surface area contributed by atoms with Gasteiger partial charge >= 0.3 is 0 Å². The Morgan fingerprint density at radius 3 is 2.31 bits per heavy atom. The summed E-state index contributed by atoms with van der Waals surface area (Å²) >= 11 is 0. The number of nitrogens with one attached hydrogen (secondary N) is 2. The van der Waals surface area contributed by atoms with E-state index < -0.39 is 15.9 Å². The molecular weight excluding hydrogens is 434 g/mol. The van der Waals surface area contributed by atoms with Crippen LogP contribution in [0, 0.1) is 0 Å². The largest absolute Gasteiger partial charge is 0.382 e. The minimum atomic E-state index is -3.58. The highest BCUT2D eigenvalue weighted by atomic mass is 32.2. The van der Waals surface area contributed by atoms with Gasteiger partial charge in [-0.25, -0.2) is 18.4 Å². The van der Waals surface area contributed by atoms with Gasteiger partial charge < -0.3 is 21.3 Å². The SMILES string of the molecule is CC(=O)NCCNC(=O)c1nc(-c2ccc(S(=O)(=O)N3CCN(C)CC3)cc2)cnc1N. The van der Waals surface area contributed by atoms with Gasteiger partial charge in [0.2, 0.25) is 15.9 Å². The van der Waals surface area contributed by atoms with E-state index >= 15 is 0 Å². The van der Waals surface area contributed by atoms with Crippen LogP contribution >= 0.6 is 0 Å². The second kappa shape index (κ2) is 10.0. The number of likely N-dealkylation sites (N-methyl/N-ethyl adjacent to an activating group) is 1. The number of sulfonamides is 1. The lowest BCUT2D eigenvalue weighted by Gasteiger charge is -2.31. The fourth-order valence-electron chi connectivity index (χ4n) is 3.18. The molecule has 0 radical (unpaired) electrons. The van der Waals surface area contributed by atoms with E-state index in [4.69, 9.17) is 5.73 Å². The van der Waals surface area contributed by atoms with Crippen molar-refractivity contribution in [2.45, 2.75) is 11.8 Å². The van der Waals surface area contributed by atoms with E-state index in [-0.39, 0.29) is 35.4 Å². The van der Waals surface area contributed by atoms with Crippen molar-refractivity contribution in [2.75, 3.05) is 52.0 Å². The van der Waals surface area contributed by atoms with Crippen molar-refractivity contribution in [1.82, 2.24) is 29.8 Å². The average Bonchev–Trinajstić information content (AvgIpc) is 2.77. The van der Waals surface area contributed by atoms with Gasteiger partial charge in [-0.15, -0.1) is 0 Å². The number of nitrogens with zero attached hydrogens (tertiary/aromatic N) is 4. The Kier molecular flexibility index (Phi) is 7.38. The van der Waals surface area contributed by atoms with Crippen LogP contribution in [-0.2, 0) is 14.8 Å². The average molecular weight is 462 g/mol. The summed E-state index contributed by atoms with van der Waals surface area (Å²) in [4.78, 5) is 33.9. The van der Waals surface area contributed by atoms with Crippen molar-refractivity contribution in [3.05, 3.63) is 36.2 Å². The molecular formula is C20H27N7O4S. The van der Waals surface area contributed by atoms with Crippen LogP contribution in [0.4, 0.5) is 5.82 Å². The number of amides is 2. The third-order valence-corrected chi connectivity index (χ3v) is 6.96. The van der Waals surface area contributed by atoms with Crippen LogP contribution in [0.25, 0.3) is 11.3 Å². The zero-order valence-corrected chi connectivity index (χ0v) is 18.9. The van der Waals surface area contributed by atoms with Crippen LogP contribution in [0.5, 0.6) is 0 Å². The molecule has 1 aromatic carbocycles. The maximum absolute atomic E-state index is 12.9. The first kappa shape index (κ1) is 23.6. The molecule has 4 N–H and O–H groups in total. The van der Waals surface area contributed by atoms with Crippen molar-refractivity contribution in [2.24, 2.45) is 0 Å². The number of benzene rings is 1. The van der Waals surface area contributed by atoms with Crippen LogP contribution in [-0.4, -0.2) is 85.7 Å². The predicted molar refractivity (Wildman–Crippen MR) is 119 cm³/mol. The number of hydrogen-bond donors (Lipinski definition) is 3. The molecule has 1 fully saturated rings. The van der Waals surface area contributed by atoms with E-state index in [1.54, 1.807) is 12.1 Å². The number of rotatable bonds is 7. The first-order valence-electron chi connectivity index (χ1n) is 10.1. The van der Waals surface area contributed by atoms with Crippen molar-refractivity contribution < 1.29 is 18.0 Å². The molecule has 2 heterocycles. The monoisotopic (exact) mass is 461 g/mol. The molecule has 0 atom stereocenters. The van der Waals surface area contributed by atoms with E-state index in [9.17, 15) is 18.0 Å². The van der Waals surface area contributed by atoms with Crippen molar-refractivity contribution in [3.63, 3.8) is 0 Å². The fraction of sp³-hybridized carbons (Fsp3) is 0.400. The summed E-state index contributed by atoms with van der Waals surface area (Å²) in [5.41, 5.74) is 6.74. The van der Waals surface area contributed by atoms with E-state index in [0.717, 1.165) is 0 Å². The molecule has 0 bridgehead atoms. The third kappa shape index (κ3) is 5.58. The summed E-state index contributed by atoms with van der Waals surface area (Å²) in [5, 5.41) is 5.19. The Hall–Kier alpha value is -3.09. The zero-order valence-electron chi connectivity index (χ0n) is 18.0. The van der Waals surface area contributed by atoms with Gasteiger partial charge in [0.25, 0.3) is 5.91 Å². The molecule has 32 heavy (non-hydrogen) atoms. The lowest BCUT2D eigenvalue weighted by atomic mass is 10.1. The Balaban J connectivity index is 1.74. The van der Waals surface area contributed by atoms with Crippen molar-refractivity contribution in [1.29, 1.82) is 0 Å². The first-order valence-corrected chi connectivity index (χ1v) is 11.6. The van der Waals surface area contributed by atoms with E-state index in [1.807, 2.05) is 7.05 Å². The number of carbonyl (C=O) groups excluding carboxylic acids is 2. The second-order valence-corrected chi connectivity index (χ2v) is 9.40. The molecule has 1 saturated heterocycles. The molecule has 172 valence electrons. The third-order valence-electron chi connectivity index (χ3n) is 5.05. The predicted octanol–water partition coefficient (Wildman–Crippen LogP) is -0.472. The number of nitrogen functional groups attached to an aromatic ring is 1. The molecule has 2 aromatic rings. The van der Waals surface area contributed by atoms with Crippen LogP contribution in [0.2, 0.25) is 0 Å². The quantitative estimate of drug-likeness (QED) is 0.468. The van der Waals surface area contributed by atoms with Crippen LogP contribution in [0.1, 0.15) is 17.4 Å². The number of nitrogens with two attached hydrogens (primary N) is 1. The van der Waals surface area contributed by atoms with Crippen molar-refractivity contribution in [3.8, 4) is 11.3 Å². The van der Waals surface area contributed by atoms with Gasteiger partial charge in [0.1, 0.15) is 0 Å². The summed E-state index contributed by atoms with van der Waals surface area (Å²) in [6.45, 7) is 4.15. The van der Waals surface area contributed by atoms with Gasteiger partial charge in [-0.05, 0) is 19.2 Å². The molecule has 11 nitrogen and oxygen atoms in total. The van der Waals surface area contributed by atoms with Crippen LogP contribution in [0.15, 0.2) is 35.4 Å². The van der Waals surface area contributed by atoms with Gasteiger partial charge in [-0.2, -0.15) is 4.31 Å². The Morgan fingerprint density at radius 1 is 1.06 bits per heavy atom. The smallest absolute Gasteiger partial charge is 0.273 e. The van der Waals surface area contributed by atoms with E-state index in [0.29, 0.717) is 37.4 Å². The van der Waals surface area contributed by atoms with Gasteiger partial charge in [-0.3, -0.25) is 9.59 Å². The summed E-state index contributed by atoms with van der Waals surface area (Å²) in [6, 6.07) is 6.30.